The number of amides is 1. The number of hydrogen-bond acceptors (Lipinski definition) is 3. The van der Waals surface area contributed by atoms with E-state index in [-0.39, 0.29) is 12.5 Å². The predicted octanol–water partition coefficient (Wildman–Crippen LogP) is 20.5. The summed E-state index contributed by atoms with van der Waals surface area (Å²) in [5.41, 5.74) is 0. The molecule has 0 aliphatic carbocycles. The Morgan fingerprint density at radius 3 is 1.00 bits per heavy atom. The molecule has 0 spiro atoms. The van der Waals surface area contributed by atoms with Gasteiger partial charge in [-0.05, 0) is 83.5 Å². The van der Waals surface area contributed by atoms with Gasteiger partial charge in [0.25, 0.3) is 0 Å². The van der Waals surface area contributed by atoms with Gasteiger partial charge in [-0.15, -0.1) is 0 Å². The SMILES string of the molecule is CC/C=C\C/C=C\C/C=C\C/C=C\C/C=C\C/C=C\CCCCCCCCCCCCCCC(=O)NC(CO)C(O)/C=C/CC/C=C/CCCCCCCCCCCCCCCCCCCCCCC. The first-order chi connectivity index (χ1) is 34.7. The van der Waals surface area contributed by atoms with Gasteiger partial charge in [-0.2, -0.15) is 0 Å². The molecule has 0 radical (unpaired) electrons. The van der Waals surface area contributed by atoms with Gasteiger partial charge in [0.2, 0.25) is 5.91 Å². The maximum absolute atomic E-state index is 12.5. The van der Waals surface area contributed by atoms with Crippen molar-refractivity contribution in [1.29, 1.82) is 0 Å². The Balaban J connectivity index is 3.55. The molecule has 4 heteroatoms. The fraction of sp³-hybridized carbons (Fsp3) is 0.742. The lowest BCUT2D eigenvalue weighted by molar-refractivity contribution is -0.123. The van der Waals surface area contributed by atoms with Crippen LogP contribution in [0.3, 0.4) is 0 Å². The summed E-state index contributed by atoms with van der Waals surface area (Å²) in [5.74, 6) is -0.0768. The molecule has 0 heterocycles. The Morgan fingerprint density at radius 1 is 0.357 bits per heavy atom. The number of allylic oxidation sites excluding steroid dienone is 15. The van der Waals surface area contributed by atoms with Crippen molar-refractivity contribution >= 4 is 5.91 Å². The highest BCUT2D eigenvalue weighted by Crippen LogP contribution is 2.17. The molecule has 3 N–H and O–H groups in total. The molecule has 4 nitrogen and oxygen atoms in total. The van der Waals surface area contributed by atoms with E-state index in [2.05, 4.69) is 104 Å². The molecule has 0 saturated carbocycles. The van der Waals surface area contributed by atoms with E-state index in [0.29, 0.717) is 6.42 Å². The van der Waals surface area contributed by atoms with E-state index in [9.17, 15) is 15.0 Å². The second-order valence-corrected chi connectivity index (χ2v) is 20.4. The first kappa shape index (κ1) is 67.3. The highest BCUT2D eigenvalue weighted by atomic mass is 16.3. The minimum atomic E-state index is -0.870. The third kappa shape index (κ3) is 56.2. The standard InChI is InChI=1S/C66H117NO3/c1-3-5-7-9-11-13-15-17-19-21-23-25-27-29-31-32-33-34-36-38-40-42-44-46-48-50-52-54-56-58-60-62-66(70)67-64(63-68)65(69)61-59-57-55-53-51-49-47-45-43-41-39-37-35-30-28-26-24-22-20-18-16-14-12-10-8-6-4-2/h5,7,11,13,17,19,23,25,29,31,33-34,51,53,59,61,64-65,68-69H,3-4,6,8-10,12,14-16,18,20-22,24,26-28,30,32,35-50,52,54-58,60,62-63H2,1-2H3,(H,67,70)/b7-5-,13-11-,19-17-,25-23-,31-29-,34-33-,53-51+,61-59+. The van der Waals surface area contributed by atoms with Crippen LogP contribution in [-0.2, 0) is 4.79 Å². The zero-order valence-corrected chi connectivity index (χ0v) is 46.5. The molecule has 2 atom stereocenters. The lowest BCUT2D eigenvalue weighted by Crippen LogP contribution is -2.45. The summed E-state index contributed by atoms with van der Waals surface area (Å²) >= 11 is 0. The van der Waals surface area contributed by atoms with E-state index in [4.69, 9.17) is 0 Å². The van der Waals surface area contributed by atoms with Crippen molar-refractivity contribution in [2.75, 3.05) is 6.61 Å². The largest absolute Gasteiger partial charge is 0.394 e. The average Bonchev–Trinajstić information content (AvgIpc) is 3.36. The van der Waals surface area contributed by atoms with Gasteiger partial charge in [-0.3, -0.25) is 4.79 Å². The molecule has 0 aromatic rings. The second kappa shape index (κ2) is 60.6. The molecule has 0 rings (SSSR count). The minimum absolute atomic E-state index is 0.0768. The Bertz CT molecular complexity index is 1290. The lowest BCUT2D eigenvalue weighted by Gasteiger charge is -2.19. The number of rotatable bonds is 55. The molecule has 0 aliphatic heterocycles. The highest BCUT2D eigenvalue weighted by Gasteiger charge is 2.18. The van der Waals surface area contributed by atoms with Crippen LogP contribution in [0.2, 0.25) is 0 Å². The van der Waals surface area contributed by atoms with Crippen molar-refractivity contribution in [3.63, 3.8) is 0 Å². The van der Waals surface area contributed by atoms with E-state index in [1.807, 2.05) is 6.08 Å². The molecule has 0 bridgehead atoms. The number of nitrogens with one attached hydrogen (secondary N) is 1. The smallest absolute Gasteiger partial charge is 0.220 e. The van der Waals surface area contributed by atoms with Crippen LogP contribution < -0.4 is 5.32 Å². The quantitative estimate of drug-likeness (QED) is 0.0420. The number of unbranched alkanes of at least 4 members (excludes halogenated alkanes) is 34. The molecule has 0 fully saturated rings. The van der Waals surface area contributed by atoms with Crippen molar-refractivity contribution in [3.8, 4) is 0 Å². The summed E-state index contributed by atoms with van der Waals surface area (Å²) in [4.78, 5) is 12.5. The Morgan fingerprint density at radius 2 is 0.643 bits per heavy atom. The Kier molecular flexibility index (Phi) is 58.3. The van der Waals surface area contributed by atoms with Crippen molar-refractivity contribution in [3.05, 3.63) is 97.2 Å². The van der Waals surface area contributed by atoms with Crippen LogP contribution in [0.5, 0.6) is 0 Å². The van der Waals surface area contributed by atoms with E-state index in [0.717, 1.165) is 70.6 Å². The van der Waals surface area contributed by atoms with Crippen LogP contribution >= 0.6 is 0 Å². The summed E-state index contributed by atoms with van der Waals surface area (Å²) in [5, 5.41) is 23.2. The average molecular weight is 973 g/mol. The van der Waals surface area contributed by atoms with E-state index < -0.39 is 12.1 Å². The number of aliphatic hydroxyl groups excluding tert-OH is 2. The third-order valence-electron chi connectivity index (χ3n) is 13.6. The van der Waals surface area contributed by atoms with Gasteiger partial charge in [0.15, 0.2) is 0 Å². The van der Waals surface area contributed by atoms with Crippen molar-refractivity contribution < 1.29 is 15.0 Å². The summed E-state index contributed by atoms with van der Waals surface area (Å²) in [6.07, 6.45) is 90.2. The van der Waals surface area contributed by atoms with Gasteiger partial charge >= 0.3 is 0 Å². The fourth-order valence-electron chi connectivity index (χ4n) is 8.97. The van der Waals surface area contributed by atoms with Crippen LogP contribution in [0, 0.1) is 0 Å². The maximum Gasteiger partial charge on any atom is 0.220 e. The van der Waals surface area contributed by atoms with Crippen LogP contribution in [-0.4, -0.2) is 34.9 Å². The predicted molar refractivity (Wildman–Crippen MR) is 313 cm³/mol. The summed E-state index contributed by atoms with van der Waals surface area (Å²) in [6, 6.07) is -0.647. The van der Waals surface area contributed by atoms with E-state index in [1.165, 1.54) is 205 Å². The highest BCUT2D eigenvalue weighted by molar-refractivity contribution is 5.76. The molecule has 2 unspecified atom stereocenters. The van der Waals surface area contributed by atoms with Crippen molar-refractivity contribution in [1.82, 2.24) is 5.32 Å². The lowest BCUT2D eigenvalue weighted by atomic mass is 10.0. The zero-order chi connectivity index (χ0) is 50.6. The monoisotopic (exact) mass is 972 g/mol. The molecule has 70 heavy (non-hydrogen) atoms. The molecular weight excluding hydrogens is 855 g/mol. The maximum atomic E-state index is 12.5. The first-order valence-electron chi connectivity index (χ1n) is 30.5. The molecule has 0 aromatic heterocycles. The third-order valence-corrected chi connectivity index (χ3v) is 13.6. The Hall–Kier alpha value is -2.69. The molecular formula is C66H117NO3. The van der Waals surface area contributed by atoms with Crippen LogP contribution in [0.1, 0.15) is 296 Å². The van der Waals surface area contributed by atoms with Crippen molar-refractivity contribution in [2.24, 2.45) is 0 Å². The van der Waals surface area contributed by atoms with Crippen LogP contribution in [0.4, 0.5) is 0 Å². The normalized spacial score (nSPS) is 13.5. The van der Waals surface area contributed by atoms with Gasteiger partial charge in [0.1, 0.15) is 0 Å². The summed E-state index contributed by atoms with van der Waals surface area (Å²) in [6.45, 7) is 4.20. The van der Waals surface area contributed by atoms with Gasteiger partial charge in [0.05, 0.1) is 18.8 Å². The number of carbonyl (C=O) groups excluding carboxylic acids is 1. The first-order valence-corrected chi connectivity index (χ1v) is 30.5. The van der Waals surface area contributed by atoms with E-state index in [1.54, 1.807) is 6.08 Å². The fourth-order valence-corrected chi connectivity index (χ4v) is 8.97. The molecule has 0 saturated heterocycles. The molecule has 0 aromatic carbocycles. The molecule has 404 valence electrons. The molecule has 1 amide bonds. The number of carbonyl (C=O) groups is 1. The minimum Gasteiger partial charge on any atom is -0.394 e. The van der Waals surface area contributed by atoms with Crippen LogP contribution in [0.25, 0.3) is 0 Å². The number of hydrogen-bond donors (Lipinski definition) is 3. The van der Waals surface area contributed by atoms with Gasteiger partial charge in [-0.1, -0.05) is 304 Å². The molecule has 0 aliphatic rings. The van der Waals surface area contributed by atoms with Gasteiger partial charge in [-0.25, -0.2) is 0 Å². The zero-order valence-electron chi connectivity index (χ0n) is 46.5. The number of aliphatic hydroxyl groups is 2. The van der Waals surface area contributed by atoms with Gasteiger partial charge in [0, 0.05) is 6.42 Å². The summed E-state index contributed by atoms with van der Waals surface area (Å²) in [7, 11) is 0. The van der Waals surface area contributed by atoms with Gasteiger partial charge < -0.3 is 15.5 Å². The second-order valence-electron chi connectivity index (χ2n) is 20.4. The Labute approximate surface area is 436 Å². The summed E-state index contributed by atoms with van der Waals surface area (Å²) < 4.78 is 0. The van der Waals surface area contributed by atoms with Crippen molar-refractivity contribution in [2.45, 2.75) is 309 Å². The van der Waals surface area contributed by atoms with Crippen LogP contribution in [0.15, 0.2) is 97.2 Å². The van der Waals surface area contributed by atoms with E-state index >= 15 is 0 Å². The topological polar surface area (TPSA) is 69.6 Å².